The molecule has 3 N–H and O–H groups in total. The Hall–Kier alpha value is -5.17. The fourth-order valence-electron chi connectivity index (χ4n) is 2.55. The lowest BCUT2D eigenvalue weighted by Gasteiger charge is -2.09. The van der Waals surface area contributed by atoms with E-state index in [1.807, 2.05) is 0 Å². The maximum atomic E-state index is 12.5. The van der Waals surface area contributed by atoms with Crippen molar-refractivity contribution < 1.29 is 39.2 Å². The molecule has 0 fully saturated rings. The van der Waals surface area contributed by atoms with E-state index in [0.717, 1.165) is 18.2 Å². The summed E-state index contributed by atoms with van der Waals surface area (Å²) in [6.07, 6.45) is 2.44. The van der Waals surface area contributed by atoms with Crippen LogP contribution in [0.5, 0.6) is 23.0 Å². The Labute approximate surface area is 186 Å². The zero-order chi connectivity index (χ0) is 24.0. The average Bonchev–Trinajstić information content (AvgIpc) is 2.79. The van der Waals surface area contributed by atoms with Gasteiger partial charge in [0.05, 0.1) is 0 Å². The highest BCUT2D eigenvalue weighted by atomic mass is 16.5. The Kier molecular flexibility index (Phi) is 6.66. The highest BCUT2D eigenvalue weighted by molar-refractivity contribution is 5.97. The van der Waals surface area contributed by atoms with Gasteiger partial charge in [-0.25, -0.2) is 19.4 Å². The molecule has 164 valence electrons. The van der Waals surface area contributed by atoms with Gasteiger partial charge >= 0.3 is 17.9 Å². The van der Waals surface area contributed by atoms with Crippen molar-refractivity contribution in [2.75, 3.05) is 0 Å². The summed E-state index contributed by atoms with van der Waals surface area (Å²) in [6, 6.07) is 13.3. The number of ether oxygens (including phenoxy) is 2. The maximum Gasteiger partial charge on any atom is 0.366 e. The predicted octanol–water partition coefficient (Wildman–Crippen LogP) is 2.92. The summed E-state index contributed by atoms with van der Waals surface area (Å²) in [6.45, 7) is 0. The van der Waals surface area contributed by atoms with Crippen LogP contribution in [0, 0.1) is 11.3 Å². The molecule has 10 heteroatoms. The van der Waals surface area contributed by atoms with Crippen molar-refractivity contribution in [2.45, 2.75) is 0 Å². The Balaban J connectivity index is 1.75. The molecule has 1 heterocycles. The van der Waals surface area contributed by atoms with E-state index < -0.39 is 29.2 Å². The number of nitriles is 1. The maximum absolute atomic E-state index is 12.5. The average molecular weight is 446 g/mol. The molecule has 0 aliphatic heterocycles. The van der Waals surface area contributed by atoms with E-state index in [0.29, 0.717) is 5.56 Å². The lowest BCUT2D eigenvalue weighted by Crippen LogP contribution is -2.12. The quantitative estimate of drug-likeness (QED) is 0.222. The lowest BCUT2D eigenvalue weighted by atomic mass is 10.1. The molecule has 0 saturated carbocycles. The first-order valence-electron chi connectivity index (χ1n) is 9.15. The molecule has 0 amide bonds. The molecular formula is C23H14N2O8. The zero-order valence-electron chi connectivity index (χ0n) is 16.6. The molecular weight excluding hydrogens is 432 g/mol. The van der Waals surface area contributed by atoms with Crippen LogP contribution < -0.4 is 9.47 Å². The highest BCUT2D eigenvalue weighted by Gasteiger charge is 2.19. The topological polar surface area (TPSA) is 167 Å². The molecule has 0 saturated heterocycles. The molecule has 0 unspecified atom stereocenters. The number of aliphatic carboxylic acids is 1. The number of hydrogen-bond acceptors (Lipinski definition) is 9. The summed E-state index contributed by atoms with van der Waals surface area (Å²) in [4.78, 5) is 39.3. The van der Waals surface area contributed by atoms with Gasteiger partial charge in [0.2, 0.25) is 0 Å². The second-order valence-corrected chi connectivity index (χ2v) is 6.37. The first-order valence-corrected chi connectivity index (χ1v) is 9.15. The Morgan fingerprint density at radius 1 is 0.909 bits per heavy atom. The van der Waals surface area contributed by atoms with Crippen LogP contribution in [0.4, 0.5) is 0 Å². The first kappa shape index (κ1) is 22.5. The van der Waals surface area contributed by atoms with Crippen LogP contribution >= 0.6 is 0 Å². The summed E-state index contributed by atoms with van der Waals surface area (Å²) < 4.78 is 10.3. The smallest absolute Gasteiger partial charge is 0.366 e. The number of carbonyl (C=O) groups excluding carboxylic acids is 2. The van der Waals surface area contributed by atoms with E-state index in [-0.39, 0.29) is 28.5 Å². The van der Waals surface area contributed by atoms with Gasteiger partial charge in [-0.15, -0.1) is 0 Å². The Bertz CT molecular complexity index is 1310. The van der Waals surface area contributed by atoms with Gasteiger partial charge in [0.15, 0.2) is 5.69 Å². The summed E-state index contributed by atoms with van der Waals surface area (Å²) in [5, 5.41) is 37.4. The third kappa shape index (κ3) is 5.50. The van der Waals surface area contributed by atoms with Crippen molar-refractivity contribution >= 4 is 24.0 Å². The number of benzene rings is 2. The zero-order valence-corrected chi connectivity index (χ0v) is 16.6. The number of carbonyl (C=O) groups is 3. The molecule has 0 bridgehead atoms. The van der Waals surface area contributed by atoms with Crippen molar-refractivity contribution in [2.24, 2.45) is 0 Å². The number of phenols is 1. The molecule has 3 aromatic rings. The molecule has 3 rings (SSSR count). The highest BCUT2D eigenvalue weighted by Crippen LogP contribution is 2.26. The number of carboxylic acids is 1. The van der Waals surface area contributed by atoms with Crippen molar-refractivity contribution in [1.82, 2.24) is 4.98 Å². The van der Waals surface area contributed by atoms with E-state index in [1.165, 1.54) is 48.7 Å². The minimum Gasteiger partial charge on any atom is -0.507 e. The summed E-state index contributed by atoms with van der Waals surface area (Å²) in [5.41, 5.74) is -0.697. The Morgan fingerprint density at radius 3 is 2.21 bits per heavy atom. The van der Waals surface area contributed by atoms with E-state index in [2.05, 4.69) is 4.98 Å². The second kappa shape index (κ2) is 9.76. The molecule has 2 aromatic carbocycles. The van der Waals surface area contributed by atoms with E-state index in [9.17, 15) is 24.6 Å². The molecule has 0 aliphatic carbocycles. The van der Waals surface area contributed by atoms with Crippen LogP contribution in [0.15, 0.2) is 66.4 Å². The number of carboxylic acid groups (broad SMARTS) is 1. The van der Waals surface area contributed by atoms with Crippen LogP contribution in [0.3, 0.4) is 0 Å². The number of nitrogens with zero attached hydrogens (tertiary/aromatic N) is 2. The third-order valence-corrected chi connectivity index (χ3v) is 4.13. The number of aromatic nitrogens is 1. The van der Waals surface area contributed by atoms with Crippen LogP contribution in [0.1, 0.15) is 26.4 Å². The SMILES string of the molecule is N#CC(=Cc1ccc(OC(=O)c2cc(OC(=O)c3ncccc3O)ccc2O)cc1)C(=O)O. The molecule has 33 heavy (non-hydrogen) atoms. The van der Waals surface area contributed by atoms with E-state index in [1.54, 1.807) is 6.07 Å². The summed E-state index contributed by atoms with van der Waals surface area (Å²) >= 11 is 0. The van der Waals surface area contributed by atoms with Crippen LogP contribution in [-0.2, 0) is 4.79 Å². The van der Waals surface area contributed by atoms with Crippen molar-refractivity contribution in [3.8, 4) is 29.1 Å². The summed E-state index contributed by atoms with van der Waals surface area (Å²) in [5.74, 6) is -4.15. The number of rotatable bonds is 6. The molecule has 0 atom stereocenters. The first-order chi connectivity index (χ1) is 15.8. The van der Waals surface area contributed by atoms with Gasteiger partial charge in [-0.1, -0.05) is 12.1 Å². The fraction of sp³-hybridized carbons (Fsp3) is 0. The third-order valence-electron chi connectivity index (χ3n) is 4.13. The van der Waals surface area contributed by atoms with Gasteiger partial charge < -0.3 is 24.8 Å². The molecule has 0 spiro atoms. The van der Waals surface area contributed by atoms with Crippen molar-refractivity contribution in [3.05, 3.63) is 83.2 Å². The second-order valence-electron chi connectivity index (χ2n) is 6.37. The molecule has 0 radical (unpaired) electrons. The fourth-order valence-corrected chi connectivity index (χ4v) is 2.55. The standard InChI is InChI=1S/C23H14N2O8/c24-12-14(21(28)29)10-13-3-5-15(6-4-13)32-22(30)17-11-16(7-8-18(17)26)33-23(31)20-19(27)2-1-9-25-20/h1-11,26-27H,(H,28,29). The number of phenolic OH excluding ortho intramolecular Hbond substituents is 1. The van der Waals surface area contributed by atoms with Gasteiger partial charge in [-0.05, 0) is 54.1 Å². The van der Waals surface area contributed by atoms with Gasteiger partial charge in [0.25, 0.3) is 0 Å². The minimum atomic E-state index is -1.37. The number of hydrogen-bond donors (Lipinski definition) is 3. The van der Waals surface area contributed by atoms with Crippen LogP contribution in [0.25, 0.3) is 6.08 Å². The molecule has 10 nitrogen and oxygen atoms in total. The van der Waals surface area contributed by atoms with Crippen molar-refractivity contribution in [1.29, 1.82) is 5.26 Å². The van der Waals surface area contributed by atoms with Crippen LogP contribution in [-0.4, -0.2) is 38.2 Å². The monoisotopic (exact) mass is 446 g/mol. The van der Waals surface area contributed by atoms with Gasteiger partial charge in [-0.3, -0.25) is 0 Å². The largest absolute Gasteiger partial charge is 0.507 e. The molecule has 1 aromatic heterocycles. The summed E-state index contributed by atoms with van der Waals surface area (Å²) in [7, 11) is 0. The van der Waals surface area contributed by atoms with E-state index in [4.69, 9.17) is 19.8 Å². The van der Waals surface area contributed by atoms with Gasteiger partial charge in [0.1, 0.15) is 40.2 Å². The number of pyridine rings is 1. The Morgan fingerprint density at radius 2 is 1.58 bits per heavy atom. The minimum absolute atomic E-state index is 0.0752. The predicted molar refractivity (Wildman–Crippen MR) is 112 cm³/mol. The lowest BCUT2D eigenvalue weighted by molar-refractivity contribution is -0.132. The van der Waals surface area contributed by atoms with Crippen molar-refractivity contribution in [3.63, 3.8) is 0 Å². The normalized spacial score (nSPS) is 10.7. The number of aromatic hydroxyl groups is 2. The van der Waals surface area contributed by atoms with Crippen LogP contribution in [0.2, 0.25) is 0 Å². The molecule has 0 aliphatic rings. The number of esters is 2. The van der Waals surface area contributed by atoms with E-state index >= 15 is 0 Å². The van der Waals surface area contributed by atoms with Gasteiger partial charge in [-0.2, -0.15) is 5.26 Å². The van der Waals surface area contributed by atoms with Gasteiger partial charge in [0, 0.05) is 6.20 Å².